The third-order valence-corrected chi connectivity index (χ3v) is 10.6. The molecule has 0 amide bonds. The van der Waals surface area contributed by atoms with Crippen LogP contribution in [0.15, 0.2) is 170 Å². The van der Waals surface area contributed by atoms with Gasteiger partial charge in [0.05, 0.1) is 68.4 Å². The fraction of sp³-hybridized carbons (Fsp3) is 0. The van der Waals surface area contributed by atoms with E-state index in [1.165, 1.54) is 5.39 Å². The smallest absolute Gasteiger partial charge is 0.0998 e. The largest absolute Gasteiger partial charge is 0.309 e. The van der Waals surface area contributed by atoms with Crippen LogP contribution in [0.1, 0.15) is 16.7 Å². The van der Waals surface area contributed by atoms with Crippen molar-refractivity contribution in [2.24, 2.45) is 0 Å². The van der Waals surface area contributed by atoms with Crippen molar-refractivity contribution >= 4 is 43.6 Å². The summed E-state index contributed by atoms with van der Waals surface area (Å²) in [7, 11) is 0. The van der Waals surface area contributed by atoms with E-state index < -0.39 is 0 Å². The van der Waals surface area contributed by atoms with E-state index in [0.717, 1.165) is 77.5 Å². The zero-order chi connectivity index (χ0) is 37.8. The Morgan fingerprint density at radius 3 is 1.70 bits per heavy atom. The van der Waals surface area contributed by atoms with Crippen LogP contribution in [0.3, 0.4) is 0 Å². The summed E-state index contributed by atoms with van der Waals surface area (Å²) < 4.78 is 4.52. The number of hydrogen-bond donors (Lipinski definition) is 0. The lowest BCUT2D eigenvalue weighted by Gasteiger charge is -2.15. The van der Waals surface area contributed by atoms with Crippen molar-refractivity contribution in [2.45, 2.75) is 0 Å². The van der Waals surface area contributed by atoms with Gasteiger partial charge in [0.15, 0.2) is 0 Å². The zero-order valence-corrected chi connectivity index (χ0v) is 29.8. The Bertz CT molecular complexity index is 3280. The minimum Gasteiger partial charge on any atom is -0.309 e. The van der Waals surface area contributed by atoms with Gasteiger partial charge in [-0.3, -0.25) is 0 Å². The summed E-state index contributed by atoms with van der Waals surface area (Å²) in [5, 5.41) is 33.7. The molecule has 0 aliphatic heterocycles. The molecule has 0 aliphatic carbocycles. The van der Waals surface area contributed by atoms with Gasteiger partial charge in [-0.15, -0.1) is 0 Å². The summed E-state index contributed by atoms with van der Waals surface area (Å²) in [5.74, 6) is 0. The summed E-state index contributed by atoms with van der Waals surface area (Å²) in [5.41, 5.74) is 13.0. The van der Waals surface area contributed by atoms with Crippen LogP contribution in [0.25, 0.3) is 88.6 Å². The first-order chi connectivity index (χ1) is 27.6. The normalized spacial score (nSPS) is 11.2. The van der Waals surface area contributed by atoms with Crippen molar-refractivity contribution in [3.63, 3.8) is 0 Å². The first-order valence-corrected chi connectivity index (χ1v) is 18.2. The maximum absolute atomic E-state index is 9.90. The van der Waals surface area contributed by atoms with E-state index in [0.29, 0.717) is 22.4 Å². The van der Waals surface area contributed by atoms with Gasteiger partial charge in [-0.25, -0.2) is 4.98 Å². The maximum atomic E-state index is 9.90. The molecule has 0 saturated carbocycles. The molecule has 3 heterocycles. The van der Waals surface area contributed by atoms with Crippen molar-refractivity contribution in [3.8, 4) is 63.2 Å². The highest BCUT2D eigenvalue weighted by molar-refractivity contribution is 6.11. The van der Waals surface area contributed by atoms with Crippen LogP contribution >= 0.6 is 0 Å². The van der Waals surface area contributed by atoms with Crippen molar-refractivity contribution < 1.29 is 0 Å². The third-order valence-electron chi connectivity index (χ3n) is 10.6. The molecule has 0 unspecified atom stereocenters. The number of pyridine rings is 1. The third kappa shape index (κ3) is 5.20. The van der Waals surface area contributed by atoms with Crippen molar-refractivity contribution in [2.75, 3.05) is 0 Å². The lowest BCUT2D eigenvalue weighted by Crippen LogP contribution is -1.97. The minimum atomic E-state index is 0.551. The van der Waals surface area contributed by atoms with Crippen molar-refractivity contribution in [1.29, 1.82) is 15.8 Å². The van der Waals surface area contributed by atoms with E-state index in [1.54, 1.807) is 0 Å². The Kier molecular flexibility index (Phi) is 7.53. The quantitative estimate of drug-likeness (QED) is 0.177. The molecule has 0 spiro atoms. The molecule has 10 rings (SSSR count). The van der Waals surface area contributed by atoms with E-state index in [9.17, 15) is 15.8 Å². The number of nitrogens with zero attached hydrogens (tertiary/aromatic N) is 6. The summed E-state index contributed by atoms with van der Waals surface area (Å²) in [6, 6.07) is 63.9. The molecular weight excluding hydrogens is 685 g/mol. The summed E-state index contributed by atoms with van der Waals surface area (Å²) >= 11 is 0. The number of hydrogen-bond acceptors (Lipinski definition) is 4. The number of benzene rings is 7. The van der Waals surface area contributed by atoms with Gasteiger partial charge in [-0.2, -0.15) is 15.8 Å². The monoisotopic (exact) mass is 712 g/mol. The predicted molar refractivity (Wildman–Crippen MR) is 223 cm³/mol. The summed E-state index contributed by atoms with van der Waals surface area (Å²) in [6.07, 6.45) is 0. The predicted octanol–water partition coefficient (Wildman–Crippen LogP) is 11.9. The second kappa shape index (κ2) is 13.0. The molecule has 6 heteroatoms. The Hall–Kier alpha value is -8.24. The fourth-order valence-electron chi connectivity index (χ4n) is 8.05. The lowest BCUT2D eigenvalue weighted by atomic mass is 9.98. The fourth-order valence-corrected chi connectivity index (χ4v) is 8.05. The molecule has 10 aromatic rings. The number of fused-ring (bicyclic) bond motifs is 6. The van der Waals surface area contributed by atoms with Gasteiger partial charge in [0.1, 0.15) is 0 Å². The van der Waals surface area contributed by atoms with Crippen LogP contribution in [0, 0.1) is 34.0 Å². The number of rotatable bonds is 5. The van der Waals surface area contributed by atoms with Gasteiger partial charge < -0.3 is 9.13 Å². The first kappa shape index (κ1) is 32.4. The molecule has 0 saturated heterocycles. The van der Waals surface area contributed by atoms with Crippen LogP contribution in [0.5, 0.6) is 0 Å². The van der Waals surface area contributed by atoms with Crippen molar-refractivity contribution in [1.82, 2.24) is 14.1 Å². The molecule has 0 N–H and O–H groups in total. The van der Waals surface area contributed by atoms with E-state index in [-0.39, 0.29) is 0 Å². The molecule has 56 heavy (non-hydrogen) atoms. The standard InChI is InChI=1S/C50H28N6/c51-29-32-17-20-48-42(23-32)43-24-33(30-52)18-21-49(43)56(48)39-26-36(25-37(27-39)45-14-8-15-46(54-45)40-12-5-4-9-35(40)31-53)34-19-22-50-44(28-34)41-13-6-7-16-47(41)55(50)38-10-2-1-3-11-38/h1-28H. The van der Waals surface area contributed by atoms with Crippen LogP contribution in [0.2, 0.25) is 0 Å². The highest BCUT2D eigenvalue weighted by Gasteiger charge is 2.18. The molecule has 258 valence electrons. The molecule has 3 aromatic heterocycles. The summed E-state index contributed by atoms with van der Waals surface area (Å²) in [6.45, 7) is 0. The van der Waals surface area contributed by atoms with Gasteiger partial charge in [0.25, 0.3) is 0 Å². The van der Waals surface area contributed by atoms with E-state index in [1.807, 2.05) is 84.9 Å². The maximum Gasteiger partial charge on any atom is 0.0998 e. The SMILES string of the molecule is N#Cc1ccc2c(c1)c1cc(C#N)ccc1n2-c1cc(-c2ccc3c(c2)c2ccccc2n3-c2ccccc2)cc(-c2cccc(-c3ccccc3C#N)n2)c1. The average molecular weight is 713 g/mol. The molecule has 0 bridgehead atoms. The number of nitriles is 3. The highest BCUT2D eigenvalue weighted by Crippen LogP contribution is 2.39. The molecule has 0 atom stereocenters. The lowest BCUT2D eigenvalue weighted by molar-refractivity contribution is 1.18. The van der Waals surface area contributed by atoms with Crippen LogP contribution in [0.4, 0.5) is 0 Å². The summed E-state index contributed by atoms with van der Waals surface area (Å²) in [4.78, 5) is 5.14. The second-order valence-corrected chi connectivity index (χ2v) is 13.8. The number of para-hydroxylation sites is 2. The second-order valence-electron chi connectivity index (χ2n) is 13.8. The molecule has 0 fully saturated rings. The van der Waals surface area contributed by atoms with Gasteiger partial charge >= 0.3 is 0 Å². The molecule has 6 nitrogen and oxygen atoms in total. The van der Waals surface area contributed by atoms with E-state index >= 15 is 0 Å². The average Bonchev–Trinajstić information content (AvgIpc) is 3.78. The Balaban J connectivity index is 1.24. The Labute approximate surface area is 322 Å². The van der Waals surface area contributed by atoms with Gasteiger partial charge in [0.2, 0.25) is 0 Å². The molecule has 7 aromatic carbocycles. The van der Waals surface area contributed by atoms with E-state index in [2.05, 4.69) is 112 Å². The topological polar surface area (TPSA) is 94.1 Å². The van der Waals surface area contributed by atoms with E-state index in [4.69, 9.17) is 4.98 Å². The molecule has 0 radical (unpaired) electrons. The highest BCUT2D eigenvalue weighted by atomic mass is 15.0. The first-order valence-electron chi connectivity index (χ1n) is 18.2. The van der Waals surface area contributed by atoms with Gasteiger partial charge in [-0.05, 0) is 114 Å². The van der Waals surface area contributed by atoms with Crippen molar-refractivity contribution in [3.05, 3.63) is 187 Å². The Morgan fingerprint density at radius 1 is 0.375 bits per heavy atom. The van der Waals surface area contributed by atoms with Crippen LogP contribution in [-0.4, -0.2) is 14.1 Å². The Morgan fingerprint density at radius 2 is 0.964 bits per heavy atom. The molecular formula is C50H28N6. The van der Waals surface area contributed by atoms with Gasteiger partial charge in [0, 0.05) is 44.0 Å². The molecule has 0 aliphatic rings. The van der Waals surface area contributed by atoms with Crippen LogP contribution in [-0.2, 0) is 0 Å². The zero-order valence-electron chi connectivity index (χ0n) is 29.8. The minimum absolute atomic E-state index is 0.551. The number of aromatic nitrogens is 3. The van der Waals surface area contributed by atoms with Gasteiger partial charge in [-0.1, -0.05) is 66.7 Å². The van der Waals surface area contributed by atoms with Crippen LogP contribution < -0.4 is 0 Å².